The standard InChI is InChI=1S/C10H14ClN3O/c1-14(7-10(12)13-15)6-8-3-2-4-9(11)5-8/h2-5,15H,6-7H2,1H3,(H2,12,13). The second-order valence-corrected chi connectivity index (χ2v) is 3.83. The van der Waals surface area contributed by atoms with Crippen LogP contribution in [0.25, 0.3) is 0 Å². The van der Waals surface area contributed by atoms with E-state index in [-0.39, 0.29) is 5.84 Å². The third-order valence-corrected chi connectivity index (χ3v) is 2.14. The van der Waals surface area contributed by atoms with E-state index in [0.29, 0.717) is 18.1 Å². The third-order valence-electron chi connectivity index (χ3n) is 1.90. The average molecular weight is 228 g/mol. The normalized spacial score (nSPS) is 12.1. The second-order valence-electron chi connectivity index (χ2n) is 3.39. The van der Waals surface area contributed by atoms with E-state index < -0.39 is 0 Å². The number of benzene rings is 1. The van der Waals surface area contributed by atoms with Crippen molar-refractivity contribution in [1.29, 1.82) is 0 Å². The van der Waals surface area contributed by atoms with Gasteiger partial charge in [0.2, 0.25) is 0 Å². The number of nitrogens with two attached hydrogens (primary N) is 1. The maximum atomic E-state index is 8.41. The molecule has 0 spiro atoms. The molecular weight excluding hydrogens is 214 g/mol. The van der Waals surface area contributed by atoms with Crippen molar-refractivity contribution in [1.82, 2.24) is 4.90 Å². The molecule has 0 aliphatic carbocycles. The van der Waals surface area contributed by atoms with Gasteiger partial charge in [-0.1, -0.05) is 28.9 Å². The first-order valence-corrected chi connectivity index (χ1v) is 4.89. The summed E-state index contributed by atoms with van der Waals surface area (Å²) in [6.45, 7) is 1.12. The Morgan fingerprint density at radius 3 is 2.93 bits per heavy atom. The molecule has 82 valence electrons. The fourth-order valence-electron chi connectivity index (χ4n) is 1.31. The molecule has 1 rings (SSSR count). The van der Waals surface area contributed by atoms with Crippen LogP contribution in [0, 0.1) is 0 Å². The third kappa shape index (κ3) is 4.18. The number of nitrogens with zero attached hydrogens (tertiary/aromatic N) is 2. The van der Waals surface area contributed by atoms with Crippen LogP contribution in [-0.4, -0.2) is 29.5 Å². The monoisotopic (exact) mass is 227 g/mol. The fraction of sp³-hybridized carbons (Fsp3) is 0.300. The predicted molar refractivity (Wildman–Crippen MR) is 61.2 cm³/mol. The molecule has 0 aliphatic rings. The molecule has 0 saturated carbocycles. The molecule has 0 aromatic heterocycles. The van der Waals surface area contributed by atoms with E-state index in [0.717, 1.165) is 5.56 Å². The molecule has 0 atom stereocenters. The molecule has 15 heavy (non-hydrogen) atoms. The predicted octanol–water partition coefficient (Wildman–Crippen LogP) is 1.52. The van der Waals surface area contributed by atoms with E-state index in [4.69, 9.17) is 22.5 Å². The van der Waals surface area contributed by atoms with E-state index in [1.54, 1.807) is 0 Å². The van der Waals surface area contributed by atoms with Crippen LogP contribution >= 0.6 is 11.6 Å². The van der Waals surface area contributed by atoms with Crippen molar-refractivity contribution in [2.75, 3.05) is 13.6 Å². The van der Waals surface area contributed by atoms with Crippen LogP contribution in [0.5, 0.6) is 0 Å². The molecule has 1 aromatic carbocycles. The number of hydrogen-bond donors (Lipinski definition) is 2. The summed E-state index contributed by atoms with van der Waals surface area (Å²) in [5.74, 6) is 0.194. The fourth-order valence-corrected chi connectivity index (χ4v) is 1.52. The van der Waals surface area contributed by atoms with Gasteiger partial charge in [0.15, 0.2) is 5.84 Å². The van der Waals surface area contributed by atoms with Crippen LogP contribution in [0.2, 0.25) is 5.02 Å². The van der Waals surface area contributed by atoms with Gasteiger partial charge in [-0.2, -0.15) is 0 Å². The van der Waals surface area contributed by atoms with Crippen molar-refractivity contribution in [3.63, 3.8) is 0 Å². The largest absolute Gasteiger partial charge is 0.409 e. The number of hydrogen-bond acceptors (Lipinski definition) is 3. The van der Waals surface area contributed by atoms with E-state index in [1.165, 1.54) is 0 Å². The highest BCUT2D eigenvalue weighted by Gasteiger charge is 2.03. The van der Waals surface area contributed by atoms with Gasteiger partial charge >= 0.3 is 0 Å². The van der Waals surface area contributed by atoms with Gasteiger partial charge in [0.05, 0.1) is 6.54 Å². The van der Waals surface area contributed by atoms with Crippen LogP contribution in [0.3, 0.4) is 0 Å². The van der Waals surface area contributed by atoms with Gasteiger partial charge in [-0.25, -0.2) is 0 Å². The van der Waals surface area contributed by atoms with Crippen LogP contribution < -0.4 is 5.73 Å². The van der Waals surface area contributed by atoms with E-state index >= 15 is 0 Å². The van der Waals surface area contributed by atoms with Gasteiger partial charge in [0, 0.05) is 11.6 Å². The van der Waals surface area contributed by atoms with Crippen LogP contribution in [0.15, 0.2) is 29.4 Å². The molecule has 0 radical (unpaired) electrons. The Balaban J connectivity index is 2.55. The highest BCUT2D eigenvalue weighted by Crippen LogP contribution is 2.11. The summed E-state index contributed by atoms with van der Waals surface area (Å²) < 4.78 is 0. The quantitative estimate of drug-likeness (QED) is 0.355. The first-order valence-electron chi connectivity index (χ1n) is 4.51. The van der Waals surface area contributed by atoms with Crippen molar-refractivity contribution in [2.24, 2.45) is 10.9 Å². The summed E-state index contributed by atoms with van der Waals surface area (Å²) in [5.41, 5.74) is 6.48. The minimum atomic E-state index is 0.194. The lowest BCUT2D eigenvalue weighted by atomic mass is 10.2. The SMILES string of the molecule is CN(CC(N)=NO)Cc1cccc(Cl)c1. The van der Waals surface area contributed by atoms with Gasteiger partial charge in [-0.15, -0.1) is 0 Å². The van der Waals surface area contributed by atoms with Crippen molar-refractivity contribution in [2.45, 2.75) is 6.54 Å². The molecule has 3 N–H and O–H groups in total. The number of amidine groups is 1. The van der Waals surface area contributed by atoms with Gasteiger partial charge in [-0.3, -0.25) is 4.90 Å². The summed E-state index contributed by atoms with van der Waals surface area (Å²) in [5, 5.41) is 12.0. The zero-order valence-electron chi connectivity index (χ0n) is 8.52. The lowest BCUT2D eigenvalue weighted by molar-refractivity contribution is 0.308. The smallest absolute Gasteiger partial charge is 0.153 e. The number of halogens is 1. The molecule has 0 aliphatic heterocycles. The summed E-state index contributed by atoms with van der Waals surface area (Å²) in [6.07, 6.45) is 0. The molecule has 1 aromatic rings. The molecular formula is C10H14ClN3O. The van der Waals surface area contributed by atoms with E-state index in [9.17, 15) is 0 Å². The number of rotatable bonds is 4. The number of oxime groups is 1. The van der Waals surface area contributed by atoms with Gasteiger partial charge in [-0.05, 0) is 24.7 Å². The van der Waals surface area contributed by atoms with Gasteiger partial charge < -0.3 is 10.9 Å². The number of likely N-dealkylation sites (N-methyl/N-ethyl adjacent to an activating group) is 1. The Hall–Kier alpha value is -1.26. The molecule has 0 saturated heterocycles. The molecule has 0 unspecified atom stereocenters. The van der Waals surface area contributed by atoms with Gasteiger partial charge in [0.25, 0.3) is 0 Å². The van der Waals surface area contributed by atoms with Crippen molar-refractivity contribution >= 4 is 17.4 Å². The lowest BCUT2D eigenvalue weighted by Gasteiger charge is -2.15. The molecule has 0 fully saturated rings. The summed E-state index contributed by atoms with van der Waals surface area (Å²) in [7, 11) is 1.89. The molecule has 5 heteroatoms. The molecule has 0 amide bonds. The average Bonchev–Trinajstić information content (AvgIpc) is 2.17. The van der Waals surface area contributed by atoms with Gasteiger partial charge in [0.1, 0.15) is 0 Å². The zero-order chi connectivity index (χ0) is 11.3. The molecule has 4 nitrogen and oxygen atoms in total. The minimum Gasteiger partial charge on any atom is -0.409 e. The van der Waals surface area contributed by atoms with Crippen LogP contribution in [0.1, 0.15) is 5.56 Å². The summed E-state index contributed by atoms with van der Waals surface area (Å²) in [4.78, 5) is 1.93. The Labute approximate surface area is 93.9 Å². The second kappa shape index (κ2) is 5.58. The van der Waals surface area contributed by atoms with Crippen molar-refractivity contribution in [3.8, 4) is 0 Å². The zero-order valence-corrected chi connectivity index (χ0v) is 9.28. The molecule has 0 heterocycles. The summed E-state index contributed by atoms with van der Waals surface area (Å²) in [6, 6.07) is 7.60. The Morgan fingerprint density at radius 2 is 2.33 bits per heavy atom. The maximum Gasteiger partial charge on any atom is 0.153 e. The Kier molecular flexibility index (Phi) is 4.39. The minimum absolute atomic E-state index is 0.194. The highest BCUT2D eigenvalue weighted by molar-refractivity contribution is 6.30. The maximum absolute atomic E-state index is 8.41. The van der Waals surface area contributed by atoms with Crippen molar-refractivity contribution in [3.05, 3.63) is 34.9 Å². The highest BCUT2D eigenvalue weighted by atomic mass is 35.5. The lowest BCUT2D eigenvalue weighted by Crippen LogP contribution is -2.30. The first-order chi connectivity index (χ1) is 7.11. The van der Waals surface area contributed by atoms with E-state index in [2.05, 4.69) is 5.16 Å². The Morgan fingerprint density at radius 1 is 1.60 bits per heavy atom. The summed E-state index contributed by atoms with van der Waals surface area (Å²) >= 11 is 5.85. The topological polar surface area (TPSA) is 61.8 Å². The molecule has 0 bridgehead atoms. The Bertz CT molecular complexity index is 354. The van der Waals surface area contributed by atoms with Crippen LogP contribution in [-0.2, 0) is 6.54 Å². The van der Waals surface area contributed by atoms with Crippen molar-refractivity contribution < 1.29 is 5.21 Å². The van der Waals surface area contributed by atoms with E-state index in [1.807, 2.05) is 36.2 Å². The first kappa shape index (κ1) is 11.8. The van der Waals surface area contributed by atoms with Crippen LogP contribution in [0.4, 0.5) is 0 Å².